The van der Waals surface area contributed by atoms with Crippen LogP contribution in [0.4, 0.5) is 0 Å². The Hall–Kier alpha value is -1.24. The summed E-state index contributed by atoms with van der Waals surface area (Å²) in [5, 5.41) is 65.6. The molecular weight excluding hydrogens is 336 g/mol. The highest BCUT2D eigenvalue weighted by Crippen LogP contribution is 2.20. The third-order valence-corrected chi connectivity index (χ3v) is 3.57. The van der Waals surface area contributed by atoms with Crippen molar-refractivity contribution in [3.8, 4) is 0 Å². The minimum absolute atomic E-state index is 0.0409. The number of nitrogens with zero attached hydrogens (tertiary/aromatic N) is 2. The average molecular weight is 362 g/mol. The zero-order valence-corrected chi connectivity index (χ0v) is 13.7. The smallest absolute Gasteiger partial charge is 0.126 e. The Balaban J connectivity index is 2.76. The standard InChI is InChI=1S/C15H26N2O8/c18-2-1-3-25-15(13(23)8-20)14(24)10-6-16-9(5-17-10)4-11(21)12(22)7-19/h5-6,11-15,18-24H,1-4,7-8H2/t11-,12+,13+,14+,15+/m0/s1. The van der Waals surface area contributed by atoms with Crippen LogP contribution in [0.1, 0.15) is 23.9 Å². The van der Waals surface area contributed by atoms with Crippen molar-refractivity contribution in [1.29, 1.82) is 0 Å². The number of aliphatic hydroxyl groups excluding tert-OH is 7. The maximum Gasteiger partial charge on any atom is 0.126 e. The van der Waals surface area contributed by atoms with Crippen LogP contribution in [-0.2, 0) is 11.2 Å². The molecule has 0 aliphatic rings. The first-order valence-electron chi connectivity index (χ1n) is 7.91. The highest BCUT2D eigenvalue weighted by atomic mass is 16.5. The van der Waals surface area contributed by atoms with Gasteiger partial charge in [-0.25, -0.2) is 0 Å². The van der Waals surface area contributed by atoms with Crippen LogP contribution in [0.2, 0.25) is 0 Å². The normalized spacial score (nSPS) is 17.7. The summed E-state index contributed by atoms with van der Waals surface area (Å²) in [4.78, 5) is 8.00. The highest BCUT2D eigenvalue weighted by Gasteiger charge is 2.30. The van der Waals surface area contributed by atoms with Gasteiger partial charge in [0, 0.05) is 25.8 Å². The lowest BCUT2D eigenvalue weighted by atomic mass is 10.1. The fraction of sp³-hybridized carbons (Fsp3) is 0.733. The topological polar surface area (TPSA) is 177 Å². The summed E-state index contributed by atoms with van der Waals surface area (Å²) in [6.45, 7) is -1.25. The summed E-state index contributed by atoms with van der Waals surface area (Å²) >= 11 is 0. The Bertz CT molecular complexity index is 475. The molecule has 0 unspecified atom stereocenters. The van der Waals surface area contributed by atoms with Gasteiger partial charge in [0.2, 0.25) is 0 Å². The molecule has 0 fully saturated rings. The molecule has 0 aromatic carbocycles. The first-order valence-corrected chi connectivity index (χ1v) is 7.91. The molecule has 10 heteroatoms. The van der Waals surface area contributed by atoms with Gasteiger partial charge in [-0.1, -0.05) is 0 Å². The molecule has 0 bridgehead atoms. The quantitative estimate of drug-likeness (QED) is 0.188. The van der Waals surface area contributed by atoms with Crippen molar-refractivity contribution in [2.75, 3.05) is 26.4 Å². The van der Waals surface area contributed by atoms with E-state index in [1.807, 2.05) is 0 Å². The van der Waals surface area contributed by atoms with Crippen LogP contribution < -0.4 is 0 Å². The molecule has 25 heavy (non-hydrogen) atoms. The number of hydrogen-bond donors (Lipinski definition) is 7. The minimum atomic E-state index is -1.37. The molecule has 0 saturated carbocycles. The summed E-state index contributed by atoms with van der Waals surface area (Å²) in [5.41, 5.74) is 0.416. The van der Waals surface area contributed by atoms with E-state index in [1.165, 1.54) is 12.4 Å². The zero-order valence-electron chi connectivity index (χ0n) is 13.7. The molecule has 1 aromatic rings. The maximum atomic E-state index is 10.3. The second-order valence-electron chi connectivity index (χ2n) is 5.56. The molecule has 0 aliphatic carbocycles. The van der Waals surface area contributed by atoms with Crippen LogP contribution in [0.25, 0.3) is 0 Å². The lowest BCUT2D eigenvalue weighted by molar-refractivity contribution is -0.117. The summed E-state index contributed by atoms with van der Waals surface area (Å²) in [5.74, 6) is 0. The van der Waals surface area contributed by atoms with Crippen LogP contribution in [0, 0.1) is 0 Å². The van der Waals surface area contributed by atoms with E-state index in [0.717, 1.165) is 0 Å². The van der Waals surface area contributed by atoms with Crippen molar-refractivity contribution in [3.63, 3.8) is 0 Å². The SMILES string of the molecule is OCCCO[C@H]([C@H](O)CO)[C@H](O)c1cnc(C[C@H](O)[C@H](O)CO)cn1. The van der Waals surface area contributed by atoms with E-state index in [-0.39, 0.29) is 25.3 Å². The third kappa shape index (κ3) is 6.88. The van der Waals surface area contributed by atoms with E-state index < -0.39 is 43.7 Å². The van der Waals surface area contributed by atoms with Gasteiger partial charge in [-0.2, -0.15) is 0 Å². The van der Waals surface area contributed by atoms with Gasteiger partial charge >= 0.3 is 0 Å². The average Bonchev–Trinajstić information content (AvgIpc) is 2.64. The van der Waals surface area contributed by atoms with Gasteiger partial charge in [-0.05, 0) is 6.42 Å². The largest absolute Gasteiger partial charge is 0.396 e. The number of hydrogen-bond acceptors (Lipinski definition) is 10. The van der Waals surface area contributed by atoms with Crippen LogP contribution in [-0.4, -0.2) is 96.6 Å². The zero-order chi connectivity index (χ0) is 18.8. The van der Waals surface area contributed by atoms with Crippen LogP contribution in [0.3, 0.4) is 0 Å². The summed E-state index contributed by atoms with van der Waals surface area (Å²) in [6.07, 6.45) is -3.60. The lowest BCUT2D eigenvalue weighted by Crippen LogP contribution is -2.38. The first-order chi connectivity index (χ1) is 11.9. The van der Waals surface area contributed by atoms with Gasteiger partial charge in [0.1, 0.15) is 24.4 Å². The van der Waals surface area contributed by atoms with E-state index >= 15 is 0 Å². The molecule has 0 amide bonds. The second kappa shape index (κ2) is 11.4. The Labute approximate surface area is 145 Å². The predicted octanol–water partition coefficient (Wildman–Crippen LogP) is -3.11. The van der Waals surface area contributed by atoms with E-state index in [0.29, 0.717) is 12.1 Å². The van der Waals surface area contributed by atoms with E-state index in [1.54, 1.807) is 0 Å². The molecule has 0 radical (unpaired) electrons. The first kappa shape index (κ1) is 21.8. The Morgan fingerprint density at radius 3 is 2.08 bits per heavy atom. The van der Waals surface area contributed by atoms with Crippen molar-refractivity contribution >= 4 is 0 Å². The van der Waals surface area contributed by atoms with E-state index in [4.69, 9.17) is 20.1 Å². The van der Waals surface area contributed by atoms with Gasteiger partial charge in [-0.3, -0.25) is 9.97 Å². The molecule has 10 nitrogen and oxygen atoms in total. The molecule has 7 N–H and O–H groups in total. The molecule has 1 heterocycles. The van der Waals surface area contributed by atoms with Gasteiger partial charge in [0.15, 0.2) is 0 Å². The minimum Gasteiger partial charge on any atom is -0.396 e. The molecule has 1 aromatic heterocycles. The van der Waals surface area contributed by atoms with Crippen molar-refractivity contribution in [2.45, 2.75) is 43.4 Å². The van der Waals surface area contributed by atoms with Gasteiger partial charge < -0.3 is 40.5 Å². The van der Waals surface area contributed by atoms with Crippen molar-refractivity contribution in [2.24, 2.45) is 0 Å². The monoisotopic (exact) mass is 362 g/mol. The Morgan fingerprint density at radius 1 is 0.880 bits per heavy atom. The number of ether oxygens (including phenoxy) is 1. The van der Waals surface area contributed by atoms with Crippen LogP contribution in [0.15, 0.2) is 12.4 Å². The van der Waals surface area contributed by atoms with Crippen molar-refractivity contribution in [1.82, 2.24) is 9.97 Å². The maximum absolute atomic E-state index is 10.3. The second-order valence-corrected chi connectivity index (χ2v) is 5.56. The summed E-state index contributed by atoms with van der Waals surface area (Å²) < 4.78 is 5.30. The Morgan fingerprint density at radius 2 is 1.56 bits per heavy atom. The Kier molecular flexibility index (Phi) is 9.93. The van der Waals surface area contributed by atoms with Crippen molar-refractivity contribution in [3.05, 3.63) is 23.8 Å². The molecule has 5 atom stereocenters. The lowest BCUT2D eigenvalue weighted by Gasteiger charge is -2.26. The number of aromatic nitrogens is 2. The molecule has 0 spiro atoms. The molecule has 1 rings (SSSR count). The van der Waals surface area contributed by atoms with Crippen LogP contribution >= 0.6 is 0 Å². The summed E-state index contributed by atoms with van der Waals surface area (Å²) in [7, 11) is 0. The fourth-order valence-corrected chi connectivity index (χ4v) is 2.06. The molecule has 144 valence electrons. The van der Waals surface area contributed by atoms with Gasteiger partial charge in [0.05, 0.1) is 36.9 Å². The summed E-state index contributed by atoms with van der Waals surface area (Å²) in [6, 6.07) is 0. The van der Waals surface area contributed by atoms with E-state index in [9.17, 15) is 20.4 Å². The van der Waals surface area contributed by atoms with E-state index in [2.05, 4.69) is 9.97 Å². The highest BCUT2D eigenvalue weighted by molar-refractivity contribution is 5.08. The number of rotatable bonds is 12. The third-order valence-electron chi connectivity index (χ3n) is 3.57. The predicted molar refractivity (Wildman–Crippen MR) is 84.3 cm³/mol. The fourth-order valence-electron chi connectivity index (χ4n) is 2.06. The number of aliphatic hydroxyl groups is 7. The molecule has 0 saturated heterocycles. The molecule has 0 aliphatic heterocycles. The van der Waals surface area contributed by atoms with Crippen LogP contribution in [0.5, 0.6) is 0 Å². The van der Waals surface area contributed by atoms with Gasteiger partial charge in [0.25, 0.3) is 0 Å². The molecular formula is C15H26N2O8. The van der Waals surface area contributed by atoms with Crippen molar-refractivity contribution < 1.29 is 40.5 Å². The van der Waals surface area contributed by atoms with Gasteiger partial charge in [-0.15, -0.1) is 0 Å².